The number of rotatable bonds is 5. The Morgan fingerprint density at radius 1 is 1.10 bits per heavy atom. The average Bonchev–Trinajstić information content (AvgIpc) is 3.23. The Morgan fingerprint density at radius 3 is 2.60 bits per heavy atom. The van der Waals surface area contributed by atoms with Gasteiger partial charge in [0.25, 0.3) is 5.69 Å². The van der Waals surface area contributed by atoms with Crippen LogP contribution in [0.2, 0.25) is 0 Å². The first-order valence-electron chi connectivity index (χ1n) is 9.56. The molecule has 0 radical (unpaired) electrons. The summed E-state index contributed by atoms with van der Waals surface area (Å²) in [6.07, 6.45) is 5.03. The predicted molar refractivity (Wildman–Crippen MR) is 112 cm³/mol. The van der Waals surface area contributed by atoms with Crippen molar-refractivity contribution in [2.24, 2.45) is 0 Å². The highest BCUT2D eigenvalue weighted by Crippen LogP contribution is 2.27. The maximum atomic E-state index is 12.5. The molecule has 0 bridgehead atoms. The number of benzene rings is 2. The lowest BCUT2D eigenvalue weighted by molar-refractivity contribution is -0.384. The molecule has 2 heterocycles. The highest BCUT2D eigenvalue weighted by Gasteiger charge is 2.16. The first-order valence-corrected chi connectivity index (χ1v) is 9.56. The molecule has 8 heteroatoms. The minimum absolute atomic E-state index is 0.0129. The number of nitro groups is 1. The number of carbonyl (C=O) groups is 1. The lowest BCUT2D eigenvalue weighted by Crippen LogP contribution is -2.39. The van der Waals surface area contributed by atoms with Crippen molar-refractivity contribution >= 4 is 17.7 Å². The first-order chi connectivity index (χ1) is 14.6. The van der Waals surface area contributed by atoms with Crippen molar-refractivity contribution in [2.45, 2.75) is 0 Å². The van der Waals surface area contributed by atoms with Gasteiger partial charge in [-0.15, -0.1) is 0 Å². The van der Waals surface area contributed by atoms with Crippen LogP contribution in [-0.4, -0.2) is 51.8 Å². The Labute approximate surface area is 173 Å². The van der Waals surface area contributed by atoms with Gasteiger partial charge >= 0.3 is 0 Å². The van der Waals surface area contributed by atoms with E-state index in [-0.39, 0.29) is 11.6 Å². The van der Waals surface area contributed by atoms with Crippen LogP contribution in [0.1, 0.15) is 5.56 Å². The lowest BCUT2D eigenvalue weighted by atomic mass is 10.1. The van der Waals surface area contributed by atoms with Crippen molar-refractivity contribution in [3.05, 3.63) is 82.5 Å². The maximum absolute atomic E-state index is 12.5. The number of ether oxygens (including phenoxy) is 1. The van der Waals surface area contributed by atoms with Crippen molar-refractivity contribution in [1.29, 1.82) is 0 Å². The van der Waals surface area contributed by atoms with E-state index in [9.17, 15) is 14.9 Å². The first kappa shape index (κ1) is 19.5. The number of carbonyl (C=O) groups excluding carboxylic acids is 1. The van der Waals surface area contributed by atoms with Crippen LogP contribution in [0.3, 0.4) is 0 Å². The van der Waals surface area contributed by atoms with Gasteiger partial charge in [-0.2, -0.15) is 5.10 Å². The van der Waals surface area contributed by atoms with Gasteiger partial charge in [-0.1, -0.05) is 30.3 Å². The number of hydrogen-bond acceptors (Lipinski definition) is 5. The molecule has 8 nitrogen and oxygen atoms in total. The molecular weight excluding hydrogens is 384 g/mol. The molecule has 0 unspecified atom stereocenters. The summed E-state index contributed by atoms with van der Waals surface area (Å²) in [6.45, 7) is 2.18. The number of non-ortho nitro benzene ring substituents is 1. The van der Waals surface area contributed by atoms with E-state index in [0.717, 1.165) is 5.69 Å². The second-order valence-electron chi connectivity index (χ2n) is 6.79. The van der Waals surface area contributed by atoms with Crippen LogP contribution in [0.15, 0.2) is 66.9 Å². The number of aromatic nitrogens is 2. The van der Waals surface area contributed by atoms with E-state index < -0.39 is 4.92 Å². The van der Waals surface area contributed by atoms with E-state index >= 15 is 0 Å². The molecule has 0 saturated carbocycles. The number of para-hydroxylation sites is 1. The molecule has 1 amide bonds. The van der Waals surface area contributed by atoms with Crippen LogP contribution < -0.4 is 0 Å². The minimum Gasteiger partial charge on any atom is -0.378 e. The quantitative estimate of drug-likeness (QED) is 0.370. The van der Waals surface area contributed by atoms with Crippen molar-refractivity contribution in [3.63, 3.8) is 0 Å². The fourth-order valence-corrected chi connectivity index (χ4v) is 3.26. The van der Waals surface area contributed by atoms with Crippen LogP contribution in [0, 0.1) is 10.1 Å². The zero-order valence-electron chi connectivity index (χ0n) is 16.2. The van der Waals surface area contributed by atoms with E-state index in [1.54, 1.807) is 27.8 Å². The predicted octanol–water partition coefficient (Wildman–Crippen LogP) is 3.32. The largest absolute Gasteiger partial charge is 0.378 e. The van der Waals surface area contributed by atoms with E-state index in [1.165, 1.54) is 18.2 Å². The third-order valence-corrected chi connectivity index (χ3v) is 4.82. The van der Waals surface area contributed by atoms with Gasteiger partial charge in [0.1, 0.15) is 5.69 Å². The number of amides is 1. The summed E-state index contributed by atoms with van der Waals surface area (Å²) in [4.78, 5) is 25.0. The van der Waals surface area contributed by atoms with Gasteiger partial charge in [-0.05, 0) is 18.2 Å². The number of nitrogens with zero attached hydrogens (tertiary/aromatic N) is 4. The summed E-state index contributed by atoms with van der Waals surface area (Å²) in [5.74, 6) is -0.101. The van der Waals surface area contributed by atoms with Crippen molar-refractivity contribution in [2.75, 3.05) is 26.3 Å². The highest BCUT2D eigenvalue weighted by molar-refractivity contribution is 5.93. The van der Waals surface area contributed by atoms with Gasteiger partial charge in [0.2, 0.25) is 5.91 Å². The molecule has 152 valence electrons. The van der Waals surface area contributed by atoms with Crippen molar-refractivity contribution in [1.82, 2.24) is 14.7 Å². The fraction of sp³-hybridized carbons (Fsp3) is 0.182. The molecule has 0 N–H and O–H groups in total. The Hall–Kier alpha value is -3.78. The monoisotopic (exact) mass is 404 g/mol. The molecule has 1 aliphatic heterocycles. The van der Waals surface area contributed by atoms with Gasteiger partial charge in [0, 0.05) is 48.6 Å². The molecule has 3 aromatic rings. The van der Waals surface area contributed by atoms with Crippen LogP contribution in [0.5, 0.6) is 0 Å². The Morgan fingerprint density at radius 2 is 1.87 bits per heavy atom. The summed E-state index contributed by atoms with van der Waals surface area (Å²) < 4.78 is 6.99. The van der Waals surface area contributed by atoms with E-state index in [1.807, 2.05) is 36.5 Å². The molecule has 1 aromatic heterocycles. The Bertz CT molecular complexity index is 1090. The van der Waals surface area contributed by atoms with Gasteiger partial charge < -0.3 is 9.64 Å². The molecule has 1 aliphatic rings. The van der Waals surface area contributed by atoms with E-state index in [2.05, 4.69) is 5.10 Å². The average molecular weight is 404 g/mol. The topological polar surface area (TPSA) is 90.5 Å². The standard InChI is InChI=1S/C22H20N4O4/c27-21(24-11-13-30-14-12-24)10-9-18-16-25(19-6-2-1-3-7-19)23-22(18)17-5-4-8-20(15-17)26(28)29/h1-10,15-16H,11-14H2/b10-9-. The Balaban J connectivity index is 1.71. The Kier molecular flexibility index (Phi) is 5.67. The highest BCUT2D eigenvalue weighted by atomic mass is 16.6. The maximum Gasteiger partial charge on any atom is 0.270 e. The minimum atomic E-state index is -0.435. The summed E-state index contributed by atoms with van der Waals surface area (Å²) in [5, 5.41) is 15.8. The normalized spacial score (nSPS) is 14.2. The molecule has 1 fully saturated rings. The fourth-order valence-electron chi connectivity index (χ4n) is 3.26. The van der Waals surface area contributed by atoms with E-state index in [0.29, 0.717) is 43.1 Å². The molecule has 30 heavy (non-hydrogen) atoms. The third kappa shape index (κ3) is 4.28. The molecule has 1 saturated heterocycles. The summed E-state index contributed by atoms with van der Waals surface area (Å²) in [5.41, 5.74) is 2.70. The van der Waals surface area contributed by atoms with Gasteiger partial charge in [-0.25, -0.2) is 4.68 Å². The molecular formula is C22H20N4O4. The van der Waals surface area contributed by atoms with E-state index in [4.69, 9.17) is 4.74 Å². The molecule has 0 atom stereocenters. The molecule has 0 aliphatic carbocycles. The molecule has 4 rings (SSSR count). The summed E-state index contributed by atoms with van der Waals surface area (Å²) in [6, 6.07) is 15.9. The van der Waals surface area contributed by atoms with Gasteiger partial charge in [-0.3, -0.25) is 14.9 Å². The van der Waals surface area contributed by atoms with Crippen molar-refractivity contribution < 1.29 is 14.5 Å². The second kappa shape index (κ2) is 8.71. The summed E-state index contributed by atoms with van der Waals surface area (Å²) in [7, 11) is 0. The third-order valence-electron chi connectivity index (χ3n) is 4.82. The zero-order valence-corrected chi connectivity index (χ0v) is 16.2. The number of morpholine rings is 1. The van der Waals surface area contributed by atoms with Gasteiger partial charge in [0.05, 0.1) is 23.8 Å². The van der Waals surface area contributed by atoms with Crippen molar-refractivity contribution in [3.8, 4) is 16.9 Å². The van der Waals surface area contributed by atoms with Crippen LogP contribution in [-0.2, 0) is 9.53 Å². The lowest BCUT2D eigenvalue weighted by Gasteiger charge is -2.25. The molecule has 0 spiro atoms. The van der Waals surface area contributed by atoms with Crippen LogP contribution in [0.25, 0.3) is 23.0 Å². The smallest absolute Gasteiger partial charge is 0.270 e. The second-order valence-corrected chi connectivity index (χ2v) is 6.79. The van der Waals surface area contributed by atoms with Gasteiger partial charge in [0.15, 0.2) is 0 Å². The number of hydrogen-bond donors (Lipinski definition) is 0. The zero-order chi connectivity index (χ0) is 20.9. The molecule has 2 aromatic carbocycles. The van der Waals surface area contributed by atoms with Crippen LogP contribution >= 0.6 is 0 Å². The number of nitro benzene ring substituents is 1. The SMILES string of the molecule is O=C(/C=C\c1cn(-c2ccccc2)nc1-c1cccc([N+](=O)[O-])c1)N1CCOCC1. The van der Waals surface area contributed by atoms with Crippen LogP contribution in [0.4, 0.5) is 5.69 Å². The summed E-state index contributed by atoms with van der Waals surface area (Å²) >= 11 is 0.